The molecule has 6 nitrogen and oxygen atoms in total. The minimum atomic E-state index is -0.845. The molecule has 2 atom stereocenters. The summed E-state index contributed by atoms with van der Waals surface area (Å²) in [7, 11) is 0. The van der Waals surface area contributed by atoms with E-state index in [1.807, 2.05) is 0 Å². The summed E-state index contributed by atoms with van der Waals surface area (Å²) >= 11 is 0. The number of carbonyl (C=O) groups is 2. The van der Waals surface area contributed by atoms with Crippen LogP contribution in [0.5, 0.6) is 0 Å². The van der Waals surface area contributed by atoms with E-state index in [4.69, 9.17) is 10.2 Å². The molecule has 0 bridgehead atoms. The number of likely N-dealkylation sites (tertiary alicyclic amines) is 1. The summed E-state index contributed by atoms with van der Waals surface area (Å²) in [6, 6.07) is -0.125. The molecule has 0 spiro atoms. The van der Waals surface area contributed by atoms with Crippen molar-refractivity contribution in [3.05, 3.63) is 0 Å². The van der Waals surface area contributed by atoms with Crippen molar-refractivity contribution in [2.45, 2.75) is 32.6 Å². The summed E-state index contributed by atoms with van der Waals surface area (Å²) in [6.45, 7) is 3.77. The molecule has 1 aliphatic rings. The van der Waals surface area contributed by atoms with Gasteiger partial charge in [-0.25, -0.2) is 4.79 Å². The fourth-order valence-electron chi connectivity index (χ4n) is 2.41. The molecule has 19 heavy (non-hydrogen) atoms. The summed E-state index contributed by atoms with van der Waals surface area (Å²) in [4.78, 5) is 24.2. The second-order valence-corrected chi connectivity index (χ2v) is 5.36. The highest BCUT2D eigenvalue weighted by atomic mass is 16.4. The van der Waals surface area contributed by atoms with Gasteiger partial charge < -0.3 is 20.4 Å². The molecule has 1 aliphatic heterocycles. The Kier molecular flexibility index (Phi) is 6.62. The average molecular weight is 272 g/mol. The molecule has 1 saturated heterocycles. The number of hydrogen-bond donors (Lipinski definition) is 3. The number of nitrogens with one attached hydrogen (secondary N) is 1. The summed E-state index contributed by atoms with van der Waals surface area (Å²) in [5, 5.41) is 20.4. The molecular weight excluding hydrogens is 248 g/mol. The second kappa shape index (κ2) is 7.99. The molecule has 1 rings (SSSR count). The molecule has 6 heteroatoms. The lowest BCUT2D eigenvalue weighted by Gasteiger charge is -2.32. The predicted octanol–water partition coefficient (Wildman–Crippen LogP) is 0.901. The SMILES string of the molecule is CC(CNC(=O)N1CCCC(CCO)C1)CC(=O)O. The number of carbonyl (C=O) groups excluding carboxylic acids is 1. The molecule has 1 fully saturated rings. The van der Waals surface area contributed by atoms with Crippen LogP contribution in [0.2, 0.25) is 0 Å². The number of carboxylic acids is 1. The fraction of sp³-hybridized carbons (Fsp3) is 0.846. The monoisotopic (exact) mass is 272 g/mol. The zero-order valence-corrected chi connectivity index (χ0v) is 11.5. The summed E-state index contributed by atoms with van der Waals surface area (Å²) in [6.07, 6.45) is 2.81. The Morgan fingerprint density at radius 2 is 2.21 bits per heavy atom. The number of rotatable bonds is 6. The number of carboxylic acid groups (broad SMARTS) is 1. The van der Waals surface area contributed by atoms with E-state index in [-0.39, 0.29) is 25.0 Å². The molecule has 0 radical (unpaired) electrons. The number of aliphatic hydroxyl groups excluding tert-OH is 1. The fourth-order valence-corrected chi connectivity index (χ4v) is 2.41. The topological polar surface area (TPSA) is 89.9 Å². The highest BCUT2D eigenvalue weighted by Crippen LogP contribution is 2.19. The molecule has 0 aromatic carbocycles. The first-order valence-electron chi connectivity index (χ1n) is 6.88. The molecule has 110 valence electrons. The smallest absolute Gasteiger partial charge is 0.317 e. The van der Waals surface area contributed by atoms with E-state index >= 15 is 0 Å². The van der Waals surface area contributed by atoms with E-state index in [0.717, 1.165) is 25.8 Å². The van der Waals surface area contributed by atoms with Crippen LogP contribution in [0.1, 0.15) is 32.6 Å². The van der Waals surface area contributed by atoms with E-state index in [0.29, 0.717) is 19.0 Å². The number of aliphatic carboxylic acids is 1. The van der Waals surface area contributed by atoms with Gasteiger partial charge in [0, 0.05) is 32.7 Å². The highest BCUT2D eigenvalue weighted by molar-refractivity contribution is 5.74. The molecule has 0 aliphatic carbocycles. The Labute approximate surface area is 113 Å². The van der Waals surface area contributed by atoms with E-state index in [2.05, 4.69) is 5.32 Å². The van der Waals surface area contributed by atoms with Crippen LogP contribution in [-0.2, 0) is 4.79 Å². The van der Waals surface area contributed by atoms with Gasteiger partial charge >= 0.3 is 12.0 Å². The first-order valence-corrected chi connectivity index (χ1v) is 6.88. The zero-order valence-electron chi connectivity index (χ0n) is 11.5. The molecule has 2 amide bonds. The van der Waals surface area contributed by atoms with Gasteiger partial charge in [-0.05, 0) is 31.1 Å². The van der Waals surface area contributed by atoms with E-state index < -0.39 is 5.97 Å². The second-order valence-electron chi connectivity index (χ2n) is 5.36. The Balaban J connectivity index is 2.30. The van der Waals surface area contributed by atoms with Gasteiger partial charge in [0.25, 0.3) is 0 Å². The first kappa shape index (κ1) is 15.8. The largest absolute Gasteiger partial charge is 0.481 e. The van der Waals surface area contributed by atoms with E-state index in [9.17, 15) is 9.59 Å². The van der Waals surface area contributed by atoms with Crippen LogP contribution in [0.3, 0.4) is 0 Å². The molecule has 0 aromatic heterocycles. The summed E-state index contributed by atoms with van der Waals surface area (Å²) < 4.78 is 0. The van der Waals surface area contributed by atoms with Crippen LogP contribution >= 0.6 is 0 Å². The Hall–Kier alpha value is -1.30. The number of amides is 2. The Bertz CT molecular complexity index is 307. The minimum Gasteiger partial charge on any atom is -0.481 e. The lowest BCUT2D eigenvalue weighted by molar-refractivity contribution is -0.137. The van der Waals surface area contributed by atoms with Gasteiger partial charge in [-0.2, -0.15) is 0 Å². The van der Waals surface area contributed by atoms with E-state index in [1.165, 1.54) is 0 Å². The van der Waals surface area contributed by atoms with Gasteiger partial charge in [0.05, 0.1) is 0 Å². The molecule has 2 unspecified atom stereocenters. The molecular formula is C13H24N2O4. The van der Waals surface area contributed by atoms with Crippen LogP contribution in [-0.4, -0.2) is 53.4 Å². The van der Waals surface area contributed by atoms with Crippen molar-refractivity contribution in [1.29, 1.82) is 0 Å². The predicted molar refractivity (Wildman–Crippen MR) is 70.8 cm³/mol. The van der Waals surface area contributed by atoms with Crippen LogP contribution in [0, 0.1) is 11.8 Å². The quantitative estimate of drug-likeness (QED) is 0.670. The third-order valence-corrected chi connectivity index (χ3v) is 3.47. The number of piperidine rings is 1. The van der Waals surface area contributed by atoms with Gasteiger partial charge in [0.15, 0.2) is 0 Å². The van der Waals surface area contributed by atoms with Gasteiger partial charge in [0.2, 0.25) is 0 Å². The van der Waals surface area contributed by atoms with Crippen LogP contribution in [0.25, 0.3) is 0 Å². The van der Waals surface area contributed by atoms with Crippen LogP contribution in [0.4, 0.5) is 4.79 Å². The Morgan fingerprint density at radius 1 is 1.47 bits per heavy atom. The van der Waals surface area contributed by atoms with Crippen molar-refractivity contribution in [2.75, 3.05) is 26.2 Å². The number of aliphatic hydroxyl groups is 1. The minimum absolute atomic E-state index is 0.0629. The molecule has 1 heterocycles. The third-order valence-electron chi connectivity index (χ3n) is 3.47. The van der Waals surface area contributed by atoms with Crippen molar-refractivity contribution in [3.8, 4) is 0 Å². The normalized spacial score (nSPS) is 20.9. The van der Waals surface area contributed by atoms with Gasteiger partial charge in [-0.15, -0.1) is 0 Å². The number of urea groups is 1. The third kappa shape index (κ3) is 5.92. The maximum absolute atomic E-state index is 11.9. The zero-order chi connectivity index (χ0) is 14.3. The van der Waals surface area contributed by atoms with Crippen LogP contribution in [0.15, 0.2) is 0 Å². The maximum atomic E-state index is 11.9. The average Bonchev–Trinajstić information content (AvgIpc) is 2.36. The molecule has 3 N–H and O–H groups in total. The standard InChI is InChI=1S/C13H24N2O4/c1-10(7-12(17)18)8-14-13(19)15-5-2-3-11(9-15)4-6-16/h10-11,16H,2-9H2,1H3,(H,14,19)(H,17,18). The van der Waals surface area contributed by atoms with Crippen molar-refractivity contribution in [3.63, 3.8) is 0 Å². The van der Waals surface area contributed by atoms with Crippen molar-refractivity contribution in [2.24, 2.45) is 11.8 Å². The first-order chi connectivity index (χ1) is 9.02. The number of nitrogens with zero attached hydrogens (tertiary/aromatic N) is 1. The van der Waals surface area contributed by atoms with Gasteiger partial charge in [-0.3, -0.25) is 4.79 Å². The molecule has 0 aromatic rings. The summed E-state index contributed by atoms with van der Waals surface area (Å²) in [5.74, 6) is -0.539. The lowest BCUT2D eigenvalue weighted by atomic mass is 9.95. The van der Waals surface area contributed by atoms with E-state index in [1.54, 1.807) is 11.8 Å². The highest BCUT2D eigenvalue weighted by Gasteiger charge is 2.23. The van der Waals surface area contributed by atoms with Gasteiger partial charge in [0.1, 0.15) is 0 Å². The van der Waals surface area contributed by atoms with Gasteiger partial charge in [-0.1, -0.05) is 6.92 Å². The van der Waals surface area contributed by atoms with Crippen molar-refractivity contribution < 1.29 is 19.8 Å². The van der Waals surface area contributed by atoms with Crippen LogP contribution < -0.4 is 5.32 Å². The van der Waals surface area contributed by atoms with Crippen molar-refractivity contribution >= 4 is 12.0 Å². The molecule has 0 saturated carbocycles. The maximum Gasteiger partial charge on any atom is 0.317 e. The Morgan fingerprint density at radius 3 is 2.84 bits per heavy atom. The summed E-state index contributed by atoms with van der Waals surface area (Å²) in [5.41, 5.74) is 0. The van der Waals surface area contributed by atoms with Crippen molar-refractivity contribution in [1.82, 2.24) is 10.2 Å². The lowest BCUT2D eigenvalue weighted by Crippen LogP contribution is -2.46. The number of hydrogen-bond acceptors (Lipinski definition) is 3.